The van der Waals surface area contributed by atoms with Crippen molar-refractivity contribution < 1.29 is 9.84 Å². The van der Waals surface area contributed by atoms with Crippen molar-refractivity contribution in [2.75, 3.05) is 25.2 Å². The third-order valence-electron chi connectivity index (χ3n) is 4.33. The van der Waals surface area contributed by atoms with Gasteiger partial charge in [-0.3, -0.25) is 0 Å². The van der Waals surface area contributed by atoms with Gasteiger partial charge >= 0.3 is 0 Å². The topological polar surface area (TPSA) is 32.7 Å². The number of hydrogen-bond donors (Lipinski definition) is 1. The summed E-state index contributed by atoms with van der Waals surface area (Å²) in [5.74, 6) is 0.827. The zero-order valence-electron chi connectivity index (χ0n) is 12.9. The maximum absolute atomic E-state index is 9.87. The smallest absolute Gasteiger partial charge is 0.0787 e. The maximum atomic E-state index is 9.87. The molecule has 0 spiro atoms. The first-order valence-corrected chi connectivity index (χ1v) is 7.71. The third-order valence-corrected chi connectivity index (χ3v) is 4.33. The van der Waals surface area contributed by atoms with Crippen molar-refractivity contribution in [3.8, 4) is 0 Å². The van der Waals surface area contributed by atoms with Gasteiger partial charge in [0.25, 0.3) is 0 Å². The molecular formula is C17H27NO2. The van der Waals surface area contributed by atoms with Crippen LogP contribution in [0.2, 0.25) is 0 Å². The first-order valence-electron chi connectivity index (χ1n) is 7.71. The lowest BCUT2D eigenvalue weighted by atomic mass is 10.1. The van der Waals surface area contributed by atoms with Crippen LogP contribution in [-0.4, -0.2) is 31.4 Å². The predicted octanol–water partition coefficient (Wildman–Crippen LogP) is 3.38. The monoisotopic (exact) mass is 277 g/mol. The molecule has 1 aromatic carbocycles. The van der Waals surface area contributed by atoms with Crippen LogP contribution in [0, 0.1) is 5.92 Å². The van der Waals surface area contributed by atoms with Crippen molar-refractivity contribution in [1.82, 2.24) is 0 Å². The lowest BCUT2D eigenvalue weighted by Crippen LogP contribution is -2.37. The number of ether oxygens (including phenoxy) is 1. The van der Waals surface area contributed by atoms with E-state index in [9.17, 15) is 5.11 Å². The Hall–Kier alpha value is -1.06. The number of rotatable bonds is 8. The van der Waals surface area contributed by atoms with Gasteiger partial charge < -0.3 is 14.7 Å². The first-order chi connectivity index (χ1) is 9.67. The number of methoxy groups -OCH3 is 1. The van der Waals surface area contributed by atoms with Gasteiger partial charge in [-0.25, -0.2) is 0 Å². The van der Waals surface area contributed by atoms with Gasteiger partial charge in [-0.05, 0) is 49.8 Å². The third kappa shape index (κ3) is 3.74. The molecule has 3 nitrogen and oxygen atoms in total. The van der Waals surface area contributed by atoms with Crippen LogP contribution < -0.4 is 4.90 Å². The van der Waals surface area contributed by atoms with E-state index in [0.29, 0.717) is 6.04 Å². The Morgan fingerprint density at radius 1 is 1.30 bits per heavy atom. The van der Waals surface area contributed by atoms with Gasteiger partial charge in [-0.15, -0.1) is 0 Å². The average molecular weight is 277 g/mol. The first kappa shape index (κ1) is 15.3. The molecule has 2 atom stereocenters. The zero-order chi connectivity index (χ0) is 14.5. The second-order valence-electron chi connectivity index (χ2n) is 5.78. The molecule has 0 heterocycles. The molecule has 1 unspecified atom stereocenters. The second-order valence-corrected chi connectivity index (χ2v) is 5.78. The fraction of sp³-hybridized carbons (Fsp3) is 0.647. The van der Waals surface area contributed by atoms with Crippen molar-refractivity contribution >= 4 is 5.69 Å². The Labute approximate surface area is 122 Å². The van der Waals surface area contributed by atoms with Gasteiger partial charge in [0.1, 0.15) is 0 Å². The Bertz CT molecular complexity index is 400. The lowest BCUT2D eigenvalue weighted by Gasteiger charge is -2.31. The molecule has 1 aromatic rings. The van der Waals surface area contributed by atoms with Crippen molar-refractivity contribution in [1.29, 1.82) is 0 Å². The molecule has 0 aromatic heterocycles. The van der Waals surface area contributed by atoms with Crippen LogP contribution >= 0.6 is 0 Å². The van der Waals surface area contributed by atoms with Crippen LogP contribution in [0.3, 0.4) is 0 Å². The van der Waals surface area contributed by atoms with Crippen molar-refractivity contribution in [3.63, 3.8) is 0 Å². The number of aliphatic hydroxyl groups is 1. The Morgan fingerprint density at radius 3 is 2.45 bits per heavy atom. The number of anilines is 1. The molecule has 0 bridgehead atoms. The lowest BCUT2D eigenvalue weighted by molar-refractivity contribution is 0.173. The van der Waals surface area contributed by atoms with Crippen molar-refractivity contribution in [2.45, 2.75) is 45.3 Å². The second kappa shape index (κ2) is 7.09. The summed E-state index contributed by atoms with van der Waals surface area (Å²) in [6.07, 6.45) is 3.09. The summed E-state index contributed by atoms with van der Waals surface area (Å²) in [6.45, 7) is 5.97. The predicted molar refractivity (Wildman–Crippen MR) is 83.1 cm³/mol. The summed E-state index contributed by atoms with van der Waals surface area (Å²) in [4.78, 5) is 2.43. The van der Waals surface area contributed by atoms with E-state index < -0.39 is 0 Å². The van der Waals surface area contributed by atoms with E-state index in [1.165, 1.54) is 18.5 Å². The van der Waals surface area contributed by atoms with Gasteiger partial charge in [0.15, 0.2) is 0 Å². The summed E-state index contributed by atoms with van der Waals surface area (Å²) >= 11 is 0. The highest BCUT2D eigenvalue weighted by Gasteiger charge is 2.32. The van der Waals surface area contributed by atoms with Gasteiger partial charge in [0, 0.05) is 25.4 Å². The normalized spacial score (nSPS) is 17.8. The summed E-state index contributed by atoms with van der Waals surface area (Å²) in [6, 6.07) is 8.91. The van der Waals surface area contributed by atoms with Gasteiger partial charge in [0.05, 0.1) is 12.7 Å². The van der Waals surface area contributed by atoms with E-state index in [4.69, 9.17) is 4.74 Å². The molecule has 1 aliphatic carbocycles. The maximum Gasteiger partial charge on any atom is 0.0787 e. The van der Waals surface area contributed by atoms with Gasteiger partial charge in [0.2, 0.25) is 0 Å². The quantitative estimate of drug-likeness (QED) is 0.790. The van der Waals surface area contributed by atoms with Crippen molar-refractivity contribution in [3.05, 3.63) is 29.8 Å². The molecule has 0 saturated heterocycles. The molecule has 1 fully saturated rings. The molecule has 112 valence electrons. The van der Waals surface area contributed by atoms with Crippen LogP contribution in [0.1, 0.15) is 44.8 Å². The van der Waals surface area contributed by atoms with E-state index in [0.717, 1.165) is 31.1 Å². The zero-order valence-corrected chi connectivity index (χ0v) is 12.9. The molecule has 20 heavy (non-hydrogen) atoms. The van der Waals surface area contributed by atoms with Crippen LogP contribution in [0.4, 0.5) is 5.69 Å². The molecule has 2 rings (SSSR count). The van der Waals surface area contributed by atoms with Crippen molar-refractivity contribution in [2.24, 2.45) is 5.92 Å². The number of benzene rings is 1. The highest BCUT2D eigenvalue weighted by Crippen LogP contribution is 2.37. The molecule has 1 aliphatic rings. The van der Waals surface area contributed by atoms with Crippen LogP contribution in [0.25, 0.3) is 0 Å². The molecule has 3 heteroatoms. The highest BCUT2D eigenvalue weighted by molar-refractivity contribution is 5.49. The molecule has 0 amide bonds. The average Bonchev–Trinajstić information content (AvgIpc) is 3.32. The SMILES string of the molecule is CC[C@@H](O)c1ccc(N(CCOC)C(C)C2CC2)cc1. The van der Waals surface area contributed by atoms with E-state index in [1.54, 1.807) is 7.11 Å². The number of hydrogen-bond acceptors (Lipinski definition) is 3. The van der Waals surface area contributed by atoms with E-state index in [-0.39, 0.29) is 6.10 Å². The summed E-state index contributed by atoms with van der Waals surface area (Å²) < 4.78 is 5.24. The Morgan fingerprint density at radius 2 is 1.95 bits per heavy atom. The molecular weight excluding hydrogens is 250 g/mol. The van der Waals surface area contributed by atoms with E-state index in [1.807, 2.05) is 19.1 Å². The van der Waals surface area contributed by atoms with E-state index >= 15 is 0 Å². The van der Waals surface area contributed by atoms with Gasteiger partial charge in [-0.2, -0.15) is 0 Å². The largest absolute Gasteiger partial charge is 0.388 e. The van der Waals surface area contributed by atoms with Crippen LogP contribution in [0.5, 0.6) is 0 Å². The highest BCUT2D eigenvalue weighted by atomic mass is 16.5. The van der Waals surface area contributed by atoms with E-state index in [2.05, 4.69) is 24.0 Å². The van der Waals surface area contributed by atoms with Gasteiger partial charge in [-0.1, -0.05) is 19.1 Å². The minimum Gasteiger partial charge on any atom is -0.388 e. The standard InChI is InChI=1S/C17H27NO2/c1-4-17(19)15-7-9-16(10-8-15)18(11-12-20-3)13(2)14-5-6-14/h7-10,13-14,17,19H,4-6,11-12H2,1-3H3/t13?,17-/m1/s1. The Kier molecular flexibility index (Phi) is 5.44. The number of nitrogens with zero attached hydrogens (tertiary/aromatic N) is 1. The van der Waals surface area contributed by atoms with Crippen LogP contribution in [-0.2, 0) is 4.74 Å². The summed E-state index contributed by atoms with van der Waals surface area (Å²) in [7, 11) is 1.75. The minimum absolute atomic E-state index is 0.350. The number of aliphatic hydroxyl groups excluding tert-OH is 1. The fourth-order valence-electron chi connectivity index (χ4n) is 2.71. The minimum atomic E-state index is -0.350. The fourth-order valence-corrected chi connectivity index (χ4v) is 2.71. The molecule has 1 saturated carbocycles. The Balaban J connectivity index is 2.10. The molecule has 0 radical (unpaired) electrons. The summed E-state index contributed by atoms with van der Waals surface area (Å²) in [5, 5.41) is 9.87. The molecule has 0 aliphatic heterocycles. The van der Waals surface area contributed by atoms with Crippen LogP contribution in [0.15, 0.2) is 24.3 Å². The summed E-state index contributed by atoms with van der Waals surface area (Å²) in [5.41, 5.74) is 2.23. The molecule has 1 N–H and O–H groups in total.